The first-order valence-electron chi connectivity index (χ1n) is 6.34. The molecule has 4 nitrogen and oxygen atoms in total. The van der Waals surface area contributed by atoms with Gasteiger partial charge in [0, 0.05) is 23.2 Å². The second-order valence-corrected chi connectivity index (χ2v) is 4.83. The van der Waals surface area contributed by atoms with E-state index in [1.807, 2.05) is 27.0 Å². The van der Waals surface area contributed by atoms with E-state index >= 15 is 0 Å². The molecule has 1 N–H and O–H groups in total. The van der Waals surface area contributed by atoms with E-state index in [1.165, 1.54) is 0 Å². The van der Waals surface area contributed by atoms with Crippen LogP contribution in [0.3, 0.4) is 0 Å². The highest BCUT2D eigenvalue weighted by Crippen LogP contribution is 2.34. The molecule has 5 heteroatoms. The smallest absolute Gasteiger partial charge is 0.165 e. The Morgan fingerprint density at radius 3 is 2.58 bits per heavy atom. The van der Waals surface area contributed by atoms with Crippen LogP contribution < -0.4 is 14.8 Å². The summed E-state index contributed by atoms with van der Waals surface area (Å²) in [5, 5.41) is 3.72. The zero-order valence-electron chi connectivity index (χ0n) is 12.0. The fourth-order valence-electron chi connectivity index (χ4n) is 1.69. The van der Waals surface area contributed by atoms with Gasteiger partial charge in [0.1, 0.15) is 6.61 Å². The third-order valence-corrected chi connectivity index (χ3v) is 2.68. The number of halogens is 1. The molecule has 108 valence electrons. The van der Waals surface area contributed by atoms with Crippen molar-refractivity contribution in [2.45, 2.75) is 26.5 Å². The minimum Gasteiger partial charge on any atom is -0.493 e. The van der Waals surface area contributed by atoms with Crippen LogP contribution in [0.5, 0.6) is 11.5 Å². The Morgan fingerprint density at radius 1 is 1.26 bits per heavy atom. The molecule has 0 bridgehead atoms. The molecule has 0 unspecified atom stereocenters. The third kappa shape index (κ3) is 5.27. The molecule has 0 spiro atoms. The van der Waals surface area contributed by atoms with Gasteiger partial charge in [0.2, 0.25) is 0 Å². The summed E-state index contributed by atoms with van der Waals surface area (Å²) in [6, 6.07) is 3.62. The minimum absolute atomic E-state index is 0.201. The van der Waals surface area contributed by atoms with Crippen LogP contribution in [0.4, 0.5) is 0 Å². The van der Waals surface area contributed by atoms with Crippen LogP contribution in [0.15, 0.2) is 12.1 Å². The maximum atomic E-state index is 6.05. The van der Waals surface area contributed by atoms with Crippen molar-refractivity contribution in [1.82, 2.24) is 5.32 Å². The van der Waals surface area contributed by atoms with Crippen LogP contribution in [0.1, 0.15) is 19.4 Å². The second kappa shape index (κ2) is 8.25. The number of nitrogens with one attached hydrogen (secondary N) is 1. The third-order valence-electron chi connectivity index (χ3n) is 2.46. The maximum absolute atomic E-state index is 6.05. The zero-order valence-corrected chi connectivity index (χ0v) is 12.7. The van der Waals surface area contributed by atoms with Crippen molar-refractivity contribution in [1.29, 1.82) is 0 Å². The van der Waals surface area contributed by atoms with E-state index in [-0.39, 0.29) is 6.10 Å². The standard InChI is InChI=1S/C14H22ClNO3/c1-10(2)18-5-6-19-14-11(9-16-3)7-12(15)8-13(14)17-4/h7-8,10,16H,5-6,9H2,1-4H3. The number of ether oxygens (including phenoxy) is 3. The van der Waals surface area contributed by atoms with Gasteiger partial charge in [-0.25, -0.2) is 0 Å². The van der Waals surface area contributed by atoms with Gasteiger partial charge in [-0.15, -0.1) is 0 Å². The Balaban J connectivity index is 2.77. The van der Waals surface area contributed by atoms with Gasteiger partial charge in [-0.2, -0.15) is 0 Å². The molecule has 19 heavy (non-hydrogen) atoms. The van der Waals surface area contributed by atoms with E-state index in [0.717, 1.165) is 5.56 Å². The molecule has 0 amide bonds. The molecule has 0 aliphatic rings. The molecule has 0 atom stereocenters. The van der Waals surface area contributed by atoms with Crippen molar-refractivity contribution in [3.63, 3.8) is 0 Å². The molecule has 1 rings (SSSR count). The average molecular weight is 288 g/mol. The highest BCUT2D eigenvalue weighted by Gasteiger charge is 2.12. The fourth-order valence-corrected chi connectivity index (χ4v) is 1.92. The van der Waals surface area contributed by atoms with Crippen LogP contribution in [0.2, 0.25) is 5.02 Å². The molecule has 0 saturated carbocycles. The highest BCUT2D eigenvalue weighted by molar-refractivity contribution is 6.30. The molecular weight excluding hydrogens is 266 g/mol. The lowest BCUT2D eigenvalue weighted by Crippen LogP contribution is -2.14. The number of benzene rings is 1. The fraction of sp³-hybridized carbons (Fsp3) is 0.571. The van der Waals surface area contributed by atoms with Crippen LogP contribution >= 0.6 is 11.6 Å². The largest absolute Gasteiger partial charge is 0.493 e. The summed E-state index contributed by atoms with van der Waals surface area (Å²) in [5.41, 5.74) is 0.969. The van der Waals surface area contributed by atoms with Crippen molar-refractivity contribution in [2.24, 2.45) is 0 Å². The van der Waals surface area contributed by atoms with Gasteiger partial charge in [-0.1, -0.05) is 11.6 Å². The molecule has 0 aliphatic carbocycles. The van der Waals surface area contributed by atoms with Crippen LogP contribution in [-0.4, -0.2) is 33.5 Å². The van der Waals surface area contributed by atoms with E-state index < -0.39 is 0 Å². The monoisotopic (exact) mass is 287 g/mol. The Kier molecular flexibility index (Phi) is 6.99. The highest BCUT2D eigenvalue weighted by atomic mass is 35.5. The Morgan fingerprint density at radius 2 is 2.00 bits per heavy atom. The summed E-state index contributed by atoms with van der Waals surface area (Å²) >= 11 is 6.05. The molecule has 0 saturated heterocycles. The van der Waals surface area contributed by atoms with Gasteiger partial charge < -0.3 is 19.5 Å². The summed E-state index contributed by atoms with van der Waals surface area (Å²) in [4.78, 5) is 0. The van der Waals surface area contributed by atoms with Crippen molar-refractivity contribution < 1.29 is 14.2 Å². The predicted octanol–water partition coefficient (Wildman–Crippen LogP) is 2.87. The molecule has 0 heterocycles. The lowest BCUT2D eigenvalue weighted by Gasteiger charge is -2.16. The number of hydrogen-bond acceptors (Lipinski definition) is 4. The molecule has 0 fully saturated rings. The molecule has 1 aromatic rings. The van der Waals surface area contributed by atoms with Crippen LogP contribution in [-0.2, 0) is 11.3 Å². The SMILES string of the molecule is CNCc1cc(Cl)cc(OC)c1OCCOC(C)C. The lowest BCUT2D eigenvalue weighted by molar-refractivity contribution is 0.0544. The summed E-state index contributed by atoms with van der Waals surface area (Å²) in [5.74, 6) is 1.36. The van der Waals surface area contributed by atoms with Crippen LogP contribution in [0.25, 0.3) is 0 Å². The summed E-state index contributed by atoms with van der Waals surface area (Å²) in [7, 11) is 3.48. The van der Waals surface area contributed by atoms with Crippen molar-refractivity contribution >= 4 is 11.6 Å². The maximum Gasteiger partial charge on any atom is 0.165 e. The first kappa shape index (κ1) is 16.1. The quantitative estimate of drug-likeness (QED) is 0.747. The summed E-state index contributed by atoms with van der Waals surface area (Å²) in [6.45, 7) is 5.68. The molecule has 0 aromatic heterocycles. The van der Waals surface area contributed by atoms with Gasteiger partial charge in [-0.05, 0) is 27.0 Å². The summed E-state index contributed by atoms with van der Waals surface area (Å²) in [6.07, 6.45) is 0.201. The first-order valence-corrected chi connectivity index (χ1v) is 6.71. The molecule has 0 radical (unpaired) electrons. The number of rotatable bonds is 8. The topological polar surface area (TPSA) is 39.7 Å². The molecule has 1 aromatic carbocycles. The number of methoxy groups -OCH3 is 1. The average Bonchev–Trinajstić information content (AvgIpc) is 2.36. The van der Waals surface area contributed by atoms with Gasteiger partial charge in [0.15, 0.2) is 11.5 Å². The van der Waals surface area contributed by atoms with Crippen molar-refractivity contribution in [2.75, 3.05) is 27.4 Å². The van der Waals surface area contributed by atoms with Gasteiger partial charge in [0.05, 0.1) is 19.8 Å². The van der Waals surface area contributed by atoms with Crippen LogP contribution in [0, 0.1) is 0 Å². The van der Waals surface area contributed by atoms with Gasteiger partial charge >= 0.3 is 0 Å². The van der Waals surface area contributed by atoms with E-state index in [1.54, 1.807) is 13.2 Å². The zero-order chi connectivity index (χ0) is 14.3. The molecular formula is C14H22ClNO3. The van der Waals surface area contributed by atoms with E-state index in [2.05, 4.69) is 5.32 Å². The van der Waals surface area contributed by atoms with E-state index in [9.17, 15) is 0 Å². The van der Waals surface area contributed by atoms with E-state index in [4.69, 9.17) is 25.8 Å². The lowest BCUT2D eigenvalue weighted by atomic mass is 10.2. The molecule has 0 aliphatic heterocycles. The Bertz CT molecular complexity index is 397. The normalized spacial score (nSPS) is 10.8. The second-order valence-electron chi connectivity index (χ2n) is 4.39. The van der Waals surface area contributed by atoms with Gasteiger partial charge in [0.25, 0.3) is 0 Å². The van der Waals surface area contributed by atoms with Crippen molar-refractivity contribution in [3.05, 3.63) is 22.7 Å². The Hall–Kier alpha value is -0.970. The minimum atomic E-state index is 0.201. The van der Waals surface area contributed by atoms with Gasteiger partial charge in [-0.3, -0.25) is 0 Å². The summed E-state index contributed by atoms with van der Waals surface area (Å²) < 4.78 is 16.5. The first-order chi connectivity index (χ1) is 9.08. The number of hydrogen-bond donors (Lipinski definition) is 1. The predicted molar refractivity (Wildman–Crippen MR) is 77.4 cm³/mol. The van der Waals surface area contributed by atoms with Crippen molar-refractivity contribution in [3.8, 4) is 11.5 Å². The van der Waals surface area contributed by atoms with E-state index in [0.29, 0.717) is 36.3 Å². The Labute approximate surface area is 120 Å².